The third-order valence-electron chi connectivity index (χ3n) is 4.11. The number of amides is 1. The van der Waals surface area contributed by atoms with Gasteiger partial charge in [-0.2, -0.15) is 0 Å². The van der Waals surface area contributed by atoms with Crippen LogP contribution in [0.25, 0.3) is 0 Å². The number of hydrogen-bond donors (Lipinski definition) is 1. The molecule has 3 rings (SSSR count). The summed E-state index contributed by atoms with van der Waals surface area (Å²) in [4.78, 5) is 28.9. The lowest BCUT2D eigenvalue weighted by molar-refractivity contribution is -0.115. The van der Waals surface area contributed by atoms with E-state index in [2.05, 4.69) is 10.3 Å². The maximum absolute atomic E-state index is 12.9. The lowest BCUT2D eigenvalue weighted by Gasteiger charge is -2.10. The summed E-state index contributed by atoms with van der Waals surface area (Å²) in [6.07, 6.45) is 0.177. The minimum atomic E-state index is -0.368. The highest BCUT2D eigenvalue weighted by molar-refractivity contribution is 8.01. The van der Waals surface area contributed by atoms with Gasteiger partial charge in [-0.05, 0) is 49.2 Å². The molecular formula is C21H19FN2O2S2. The monoisotopic (exact) mass is 414 g/mol. The fourth-order valence-electron chi connectivity index (χ4n) is 2.64. The molecular weight excluding hydrogens is 395 g/mol. The number of thioether (sulfide) groups is 1. The number of para-hydroxylation sites is 1. The number of aromatic nitrogens is 1. The number of ketones is 1. The lowest BCUT2D eigenvalue weighted by Crippen LogP contribution is -2.16. The molecule has 0 fully saturated rings. The second kappa shape index (κ2) is 9.12. The topological polar surface area (TPSA) is 59.1 Å². The van der Waals surface area contributed by atoms with Crippen molar-refractivity contribution in [3.63, 3.8) is 0 Å². The Balaban J connectivity index is 1.54. The van der Waals surface area contributed by atoms with E-state index >= 15 is 0 Å². The molecule has 0 spiro atoms. The predicted molar refractivity (Wildman–Crippen MR) is 112 cm³/mol. The Morgan fingerprint density at radius 1 is 1.11 bits per heavy atom. The Hall–Kier alpha value is -2.51. The molecule has 0 aliphatic heterocycles. The molecule has 0 saturated carbocycles. The molecule has 0 bridgehead atoms. The summed E-state index contributed by atoms with van der Waals surface area (Å²) in [5.74, 6) is -0.364. The molecule has 0 radical (unpaired) electrons. The quantitative estimate of drug-likeness (QED) is 0.434. The number of hydrogen-bond acceptors (Lipinski definition) is 5. The Morgan fingerprint density at radius 2 is 1.79 bits per heavy atom. The standard InChI is InChI=1S/C21H19FN2O2S2/c1-13-4-3-5-14(2)20(13)24-19(26)10-17-11-27-21(23-17)28-12-18(25)15-6-8-16(22)9-7-15/h3-9,11H,10,12H2,1-2H3,(H,24,26). The zero-order valence-electron chi connectivity index (χ0n) is 15.5. The molecule has 2 aromatic carbocycles. The Bertz CT molecular complexity index is 980. The predicted octanol–water partition coefficient (Wildman–Crippen LogP) is 5.06. The van der Waals surface area contributed by atoms with Crippen LogP contribution in [-0.4, -0.2) is 22.4 Å². The zero-order valence-corrected chi connectivity index (χ0v) is 17.1. The first-order chi connectivity index (χ1) is 13.4. The fourth-order valence-corrected chi connectivity index (χ4v) is 4.38. The van der Waals surface area contributed by atoms with E-state index in [9.17, 15) is 14.0 Å². The molecule has 0 saturated heterocycles. The summed E-state index contributed by atoms with van der Waals surface area (Å²) in [7, 11) is 0. The van der Waals surface area contributed by atoms with Crippen LogP contribution in [0.1, 0.15) is 27.2 Å². The van der Waals surface area contributed by atoms with Crippen molar-refractivity contribution < 1.29 is 14.0 Å². The number of benzene rings is 2. The first-order valence-electron chi connectivity index (χ1n) is 8.64. The van der Waals surface area contributed by atoms with Crippen LogP contribution in [0.5, 0.6) is 0 Å². The number of carbonyl (C=O) groups is 2. The van der Waals surface area contributed by atoms with Crippen molar-refractivity contribution in [1.29, 1.82) is 0 Å². The SMILES string of the molecule is Cc1cccc(C)c1NC(=O)Cc1csc(SCC(=O)c2ccc(F)cc2)n1. The third kappa shape index (κ3) is 5.27. The molecule has 1 N–H and O–H groups in total. The van der Waals surface area contributed by atoms with Gasteiger partial charge in [0.1, 0.15) is 5.82 Å². The van der Waals surface area contributed by atoms with E-state index in [1.54, 1.807) is 0 Å². The molecule has 0 aliphatic carbocycles. The van der Waals surface area contributed by atoms with Crippen molar-refractivity contribution in [2.45, 2.75) is 24.6 Å². The van der Waals surface area contributed by atoms with Crippen LogP contribution in [0.3, 0.4) is 0 Å². The van der Waals surface area contributed by atoms with Gasteiger partial charge in [0.05, 0.1) is 17.9 Å². The van der Waals surface area contributed by atoms with Crippen LogP contribution < -0.4 is 5.32 Å². The lowest BCUT2D eigenvalue weighted by atomic mass is 10.1. The number of nitrogens with zero attached hydrogens (tertiary/aromatic N) is 1. The van der Waals surface area contributed by atoms with Crippen LogP contribution in [0.4, 0.5) is 10.1 Å². The number of halogens is 1. The van der Waals surface area contributed by atoms with Gasteiger partial charge in [0.15, 0.2) is 10.1 Å². The molecule has 7 heteroatoms. The van der Waals surface area contributed by atoms with E-state index in [1.807, 2.05) is 37.4 Å². The molecule has 4 nitrogen and oxygen atoms in total. The normalized spacial score (nSPS) is 10.7. The van der Waals surface area contributed by atoms with Crippen molar-refractivity contribution in [2.75, 3.05) is 11.1 Å². The van der Waals surface area contributed by atoms with E-state index < -0.39 is 0 Å². The van der Waals surface area contributed by atoms with Gasteiger partial charge in [-0.1, -0.05) is 30.0 Å². The highest BCUT2D eigenvalue weighted by Crippen LogP contribution is 2.25. The maximum atomic E-state index is 12.9. The van der Waals surface area contributed by atoms with Crippen LogP contribution in [0, 0.1) is 19.7 Å². The molecule has 28 heavy (non-hydrogen) atoms. The smallest absolute Gasteiger partial charge is 0.230 e. The second-order valence-corrected chi connectivity index (χ2v) is 8.40. The number of rotatable bonds is 7. The third-order valence-corrected chi connectivity index (χ3v) is 6.18. The van der Waals surface area contributed by atoms with E-state index in [4.69, 9.17) is 0 Å². The number of anilines is 1. The summed E-state index contributed by atoms with van der Waals surface area (Å²) >= 11 is 2.72. The van der Waals surface area contributed by atoms with E-state index in [1.165, 1.54) is 47.4 Å². The van der Waals surface area contributed by atoms with E-state index in [-0.39, 0.29) is 29.7 Å². The summed E-state index contributed by atoms with van der Waals surface area (Å²) in [5, 5.41) is 4.78. The highest BCUT2D eigenvalue weighted by atomic mass is 32.2. The molecule has 0 aliphatic rings. The van der Waals surface area contributed by atoms with Gasteiger partial charge in [0, 0.05) is 16.6 Å². The van der Waals surface area contributed by atoms with Gasteiger partial charge >= 0.3 is 0 Å². The molecule has 1 amide bonds. The Labute approximate surface area is 171 Å². The summed E-state index contributed by atoms with van der Waals surface area (Å²) in [6.45, 7) is 3.91. The fraction of sp³-hybridized carbons (Fsp3) is 0.190. The van der Waals surface area contributed by atoms with Gasteiger partial charge in [0.25, 0.3) is 0 Å². The van der Waals surface area contributed by atoms with Crippen LogP contribution in [0.15, 0.2) is 52.2 Å². The van der Waals surface area contributed by atoms with Crippen LogP contribution >= 0.6 is 23.1 Å². The van der Waals surface area contributed by atoms with E-state index in [0.717, 1.165) is 21.2 Å². The summed E-state index contributed by atoms with van der Waals surface area (Å²) in [5.41, 5.74) is 4.01. The molecule has 0 unspecified atom stereocenters. The van der Waals surface area contributed by atoms with Gasteiger partial charge < -0.3 is 5.32 Å². The molecule has 144 valence electrons. The first kappa shape index (κ1) is 20.2. The van der Waals surface area contributed by atoms with Crippen molar-refractivity contribution >= 4 is 40.5 Å². The van der Waals surface area contributed by atoms with Gasteiger partial charge in [-0.15, -0.1) is 11.3 Å². The van der Waals surface area contributed by atoms with Gasteiger partial charge in [-0.3, -0.25) is 9.59 Å². The average Bonchev–Trinajstić information content (AvgIpc) is 3.11. The minimum Gasteiger partial charge on any atom is -0.325 e. The highest BCUT2D eigenvalue weighted by Gasteiger charge is 2.12. The van der Waals surface area contributed by atoms with Crippen molar-refractivity contribution in [3.8, 4) is 0 Å². The summed E-state index contributed by atoms with van der Waals surface area (Å²) in [6, 6.07) is 11.4. The number of carbonyl (C=O) groups excluding carboxylic acids is 2. The second-order valence-electron chi connectivity index (χ2n) is 6.32. The van der Waals surface area contributed by atoms with Crippen molar-refractivity contribution in [1.82, 2.24) is 4.98 Å². The van der Waals surface area contributed by atoms with Crippen molar-refractivity contribution in [2.24, 2.45) is 0 Å². The molecule has 0 atom stereocenters. The average molecular weight is 415 g/mol. The Kier molecular flexibility index (Phi) is 6.59. The van der Waals surface area contributed by atoms with Crippen LogP contribution in [-0.2, 0) is 11.2 Å². The molecule has 1 heterocycles. The van der Waals surface area contributed by atoms with E-state index in [0.29, 0.717) is 11.3 Å². The molecule has 3 aromatic rings. The van der Waals surface area contributed by atoms with Crippen molar-refractivity contribution in [3.05, 3.63) is 76.0 Å². The summed E-state index contributed by atoms with van der Waals surface area (Å²) < 4.78 is 13.7. The zero-order chi connectivity index (χ0) is 20.1. The van der Waals surface area contributed by atoms with Crippen LogP contribution in [0.2, 0.25) is 0 Å². The number of thiazole rings is 1. The maximum Gasteiger partial charge on any atom is 0.230 e. The number of nitrogens with one attached hydrogen (secondary N) is 1. The number of aryl methyl sites for hydroxylation is 2. The minimum absolute atomic E-state index is 0.0884. The Morgan fingerprint density at radius 3 is 2.46 bits per heavy atom. The van der Waals surface area contributed by atoms with Gasteiger partial charge in [-0.25, -0.2) is 9.37 Å². The van der Waals surface area contributed by atoms with Gasteiger partial charge in [0.2, 0.25) is 5.91 Å². The first-order valence-corrected chi connectivity index (χ1v) is 10.5. The number of Topliss-reactive ketones (excluding diaryl/α,β-unsaturated/α-hetero) is 1. The molecule has 1 aromatic heterocycles. The largest absolute Gasteiger partial charge is 0.325 e.